The van der Waals surface area contributed by atoms with Crippen LogP contribution in [-0.4, -0.2) is 9.55 Å². The lowest BCUT2D eigenvalue weighted by Crippen LogP contribution is -2.02. The molecule has 2 aromatic rings. The third-order valence-corrected chi connectivity index (χ3v) is 3.44. The minimum Gasteiger partial charge on any atom is -0.383 e. The van der Waals surface area contributed by atoms with Gasteiger partial charge >= 0.3 is 0 Å². The third kappa shape index (κ3) is 1.62. The lowest BCUT2D eigenvalue weighted by molar-refractivity contribution is 0.720. The number of anilines is 1. The van der Waals surface area contributed by atoms with Crippen LogP contribution in [0.25, 0.3) is 11.3 Å². The van der Waals surface area contributed by atoms with E-state index in [9.17, 15) is 0 Å². The number of imidazole rings is 1. The van der Waals surface area contributed by atoms with Crippen molar-refractivity contribution in [2.24, 2.45) is 0 Å². The number of benzene rings is 1. The van der Waals surface area contributed by atoms with Crippen LogP contribution in [0.1, 0.15) is 30.3 Å². The van der Waals surface area contributed by atoms with Gasteiger partial charge in [-0.05, 0) is 32.3 Å². The molecule has 0 saturated heterocycles. The molecule has 3 rings (SSSR count). The summed E-state index contributed by atoms with van der Waals surface area (Å²) in [5, 5.41) is 0. The summed E-state index contributed by atoms with van der Waals surface area (Å²) >= 11 is 0. The molecule has 0 radical (unpaired) electrons. The highest BCUT2D eigenvalue weighted by Gasteiger charge is 2.28. The number of aromatic nitrogens is 2. The Balaban J connectivity index is 2.16. The van der Waals surface area contributed by atoms with Gasteiger partial charge in [0.1, 0.15) is 17.3 Å². The van der Waals surface area contributed by atoms with Gasteiger partial charge in [-0.3, -0.25) is 0 Å². The van der Waals surface area contributed by atoms with E-state index < -0.39 is 0 Å². The van der Waals surface area contributed by atoms with Crippen molar-refractivity contribution in [2.45, 2.75) is 32.7 Å². The largest absolute Gasteiger partial charge is 0.383 e. The number of hydrogen-bond acceptors (Lipinski definition) is 2. The maximum atomic E-state index is 6.25. The van der Waals surface area contributed by atoms with Crippen molar-refractivity contribution in [1.82, 2.24) is 9.55 Å². The number of rotatable bonds is 2. The Morgan fingerprint density at radius 1 is 1.24 bits per heavy atom. The smallest absolute Gasteiger partial charge is 0.131 e. The van der Waals surface area contributed by atoms with Crippen LogP contribution in [0, 0.1) is 13.8 Å². The van der Waals surface area contributed by atoms with E-state index in [-0.39, 0.29) is 0 Å². The summed E-state index contributed by atoms with van der Waals surface area (Å²) in [6.45, 7) is 4.14. The number of aryl methyl sites for hydroxylation is 2. The Morgan fingerprint density at radius 2 is 1.94 bits per heavy atom. The minimum atomic E-state index is 0.584. The molecule has 0 amide bonds. The Bertz CT molecular complexity index is 565. The van der Waals surface area contributed by atoms with E-state index >= 15 is 0 Å². The average Bonchev–Trinajstić information content (AvgIpc) is 3.07. The number of nitrogens with two attached hydrogens (primary N) is 1. The van der Waals surface area contributed by atoms with Gasteiger partial charge in [0, 0.05) is 11.6 Å². The summed E-state index contributed by atoms with van der Waals surface area (Å²) < 4.78 is 2.18. The molecule has 1 fully saturated rings. The molecule has 1 saturated carbocycles. The monoisotopic (exact) mass is 227 g/mol. The van der Waals surface area contributed by atoms with Crippen LogP contribution >= 0.6 is 0 Å². The van der Waals surface area contributed by atoms with Crippen LogP contribution in [0.15, 0.2) is 24.3 Å². The normalized spacial score (nSPS) is 15.2. The molecule has 0 atom stereocenters. The fraction of sp³-hybridized carbons (Fsp3) is 0.357. The van der Waals surface area contributed by atoms with Crippen molar-refractivity contribution in [3.63, 3.8) is 0 Å². The molecule has 3 heteroatoms. The molecule has 2 N–H and O–H groups in total. The molecular formula is C14H17N3. The molecule has 1 aliphatic carbocycles. The van der Waals surface area contributed by atoms with Gasteiger partial charge in [0.25, 0.3) is 0 Å². The van der Waals surface area contributed by atoms with E-state index in [2.05, 4.69) is 28.6 Å². The second-order valence-electron chi connectivity index (χ2n) is 4.81. The number of hydrogen-bond donors (Lipinski definition) is 1. The van der Waals surface area contributed by atoms with Gasteiger partial charge in [0.15, 0.2) is 0 Å². The van der Waals surface area contributed by atoms with Crippen LogP contribution in [0.4, 0.5) is 5.82 Å². The van der Waals surface area contributed by atoms with Gasteiger partial charge < -0.3 is 10.3 Å². The van der Waals surface area contributed by atoms with Crippen LogP contribution < -0.4 is 5.73 Å². The van der Waals surface area contributed by atoms with Gasteiger partial charge in [0.05, 0.1) is 0 Å². The molecule has 1 aromatic carbocycles. The zero-order chi connectivity index (χ0) is 12.0. The summed E-state index contributed by atoms with van der Waals surface area (Å²) in [4.78, 5) is 4.64. The second-order valence-corrected chi connectivity index (χ2v) is 4.81. The number of nitrogens with zero attached hydrogens (tertiary/aromatic N) is 2. The SMILES string of the molecule is Cc1ccccc1-c1nc(C)n(C2CC2)c1N. The van der Waals surface area contributed by atoms with Crippen molar-refractivity contribution >= 4 is 5.82 Å². The second kappa shape index (κ2) is 3.62. The molecule has 1 aromatic heterocycles. The van der Waals surface area contributed by atoms with Gasteiger partial charge in [0.2, 0.25) is 0 Å². The standard InChI is InChI=1S/C14H17N3/c1-9-5-3-4-6-12(9)13-14(15)17(10(2)16-13)11-7-8-11/h3-6,11H,7-8,15H2,1-2H3. The highest BCUT2D eigenvalue weighted by Crippen LogP contribution is 2.40. The van der Waals surface area contributed by atoms with Gasteiger partial charge in [-0.25, -0.2) is 4.98 Å². The lowest BCUT2D eigenvalue weighted by Gasteiger charge is -2.06. The highest BCUT2D eigenvalue weighted by molar-refractivity contribution is 5.73. The first kappa shape index (κ1) is 10.4. The average molecular weight is 227 g/mol. The molecule has 88 valence electrons. The molecule has 0 aliphatic heterocycles. The Morgan fingerprint density at radius 3 is 2.59 bits per heavy atom. The minimum absolute atomic E-state index is 0.584. The van der Waals surface area contributed by atoms with Crippen molar-refractivity contribution < 1.29 is 0 Å². The lowest BCUT2D eigenvalue weighted by atomic mass is 10.1. The van der Waals surface area contributed by atoms with Crippen molar-refractivity contribution in [3.05, 3.63) is 35.7 Å². The van der Waals surface area contributed by atoms with E-state index in [0.717, 1.165) is 22.9 Å². The molecular weight excluding hydrogens is 210 g/mol. The van der Waals surface area contributed by atoms with Gasteiger partial charge in [-0.15, -0.1) is 0 Å². The molecule has 17 heavy (non-hydrogen) atoms. The van der Waals surface area contributed by atoms with Gasteiger partial charge in [-0.1, -0.05) is 24.3 Å². The quantitative estimate of drug-likeness (QED) is 0.856. The Labute approximate surface area is 101 Å². The first-order valence-electron chi connectivity index (χ1n) is 6.09. The number of nitrogen functional groups attached to an aromatic ring is 1. The van der Waals surface area contributed by atoms with Crippen LogP contribution in [0.5, 0.6) is 0 Å². The van der Waals surface area contributed by atoms with Gasteiger partial charge in [-0.2, -0.15) is 0 Å². The molecule has 0 unspecified atom stereocenters. The van der Waals surface area contributed by atoms with Crippen LogP contribution in [0.3, 0.4) is 0 Å². The first-order chi connectivity index (χ1) is 8.18. The van der Waals surface area contributed by atoms with Crippen molar-refractivity contribution in [2.75, 3.05) is 5.73 Å². The maximum absolute atomic E-state index is 6.25. The molecule has 1 heterocycles. The van der Waals surface area contributed by atoms with Crippen LogP contribution in [-0.2, 0) is 0 Å². The van der Waals surface area contributed by atoms with Crippen molar-refractivity contribution in [3.8, 4) is 11.3 Å². The summed E-state index contributed by atoms with van der Waals surface area (Å²) in [7, 11) is 0. The van der Waals surface area contributed by atoms with E-state index in [0.29, 0.717) is 6.04 Å². The predicted molar refractivity (Wildman–Crippen MR) is 69.8 cm³/mol. The highest BCUT2D eigenvalue weighted by atomic mass is 15.2. The van der Waals surface area contributed by atoms with E-state index in [1.807, 2.05) is 19.1 Å². The van der Waals surface area contributed by atoms with E-state index in [1.165, 1.54) is 18.4 Å². The summed E-state index contributed by atoms with van der Waals surface area (Å²) in [6.07, 6.45) is 2.46. The summed E-state index contributed by atoms with van der Waals surface area (Å²) in [5.74, 6) is 1.85. The molecule has 1 aliphatic rings. The zero-order valence-corrected chi connectivity index (χ0v) is 10.3. The van der Waals surface area contributed by atoms with Crippen molar-refractivity contribution in [1.29, 1.82) is 0 Å². The summed E-state index contributed by atoms with van der Waals surface area (Å²) in [5.41, 5.74) is 9.55. The fourth-order valence-corrected chi connectivity index (χ4v) is 2.39. The molecule has 0 spiro atoms. The Hall–Kier alpha value is -1.77. The summed E-state index contributed by atoms with van der Waals surface area (Å²) in [6, 6.07) is 8.85. The third-order valence-electron chi connectivity index (χ3n) is 3.44. The zero-order valence-electron chi connectivity index (χ0n) is 10.3. The first-order valence-corrected chi connectivity index (χ1v) is 6.09. The Kier molecular flexibility index (Phi) is 2.21. The van der Waals surface area contributed by atoms with E-state index in [4.69, 9.17) is 5.73 Å². The fourth-order valence-electron chi connectivity index (χ4n) is 2.39. The van der Waals surface area contributed by atoms with E-state index in [1.54, 1.807) is 0 Å². The van der Waals surface area contributed by atoms with Crippen LogP contribution in [0.2, 0.25) is 0 Å². The molecule has 0 bridgehead atoms. The maximum Gasteiger partial charge on any atom is 0.131 e. The predicted octanol–water partition coefficient (Wildman–Crippen LogP) is 3.08. The topological polar surface area (TPSA) is 43.8 Å². The molecule has 3 nitrogen and oxygen atoms in total.